The van der Waals surface area contributed by atoms with Crippen LogP contribution in [-0.2, 0) is 9.53 Å². The van der Waals surface area contributed by atoms with E-state index in [0.717, 1.165) is 4.90 Å². The predicted molar refractivity (Wildman–Crippen MR) is 62.9 cm³/mol. The molecular weight excluding hydrogens is 234 g/mol. The Bertz CT molecular complexity index is 393. The largest absolute Gasteiger partial charge is 0.466 e. The van der Waals surface area contributed by atoms with Gasteiger partial charge in [0.15, 0.2) is 0 Å². The van der Waals surface area contributed by atoms with Crippen LogP contribution in [-0.4, -0.2) is 13.1 Å². The van der Waals surface area contributed by atoms with Gasteiger partial charge in [-0.15, -0.1) is 0 Å². The van der Waals surface area contributed by atoms with Crippen LogP contribution >= 0.6 is 23.4 Å². The second-order valence-corrected chi connectivity index (χ2v) is 3.99. The second kappa shape index (κ2) is 5.68. The van der Waals surface area contributed by atoms with Crippen LogP contribution in [0.1, 0.15) is 0 Å². The summed E-state index contributed by atoms with van der Waals surface area (Å²) in [5.74, 6) is -0.394. The van der Waals surface area contributed by atoms with Crippen LogP contribution in [0.3, 0.4) is 0 Å². The molecule has 1 rings (SSSR count). The normalized spacial score (nSPS) is 10.5. The highest BCUT2D eigenvalue weighted by Gasteiger charge is 1.99. The Morgan fingerprint density at radius 2 is 2.33 bits per heavy atom. The summed E-state index contributed by atoms with van der Waals surface area (Å²) in [4.78, 5) is 11.6. The minimum atomic E-state index is -0.394. The first-order valence-corrected chi connectivity index (χ1v) is 5.35. The van der Waals surface area contributed by atoms with Crippen LogP contribution in [0.5, 0.6) is 0 Å². The van der Waals surface area contributed by atoms with Gasteiger partial charge in [0.2, 0.25) is 0 Å². The van der Waals surface area contributed by atoms with E-state index >= 15 is 0 Å². The number of methoxy groups -OCH3 is 1. The number of rotatable bonds is 3. The monoisotopic (exact) mass is 243 g/mol. The third-order valence-electron chi connectivity index (χ3n) is 1.56. The molecule has 1 aromatic carbocycles. The van der Waals surface area contributed by atoms with Crippen LogP contribution in [0.2, 0.25) is 5.02 Å². The summed E-state index contributed by atoms with van der Waals surface area (Å²) in [6.07, 6.45) is 1.33. The fourth-order valence-electron chi connectivity index (χ4n) is 0.844. The van der Waals surface area contributed by atoms with Crippen molar-refractivity contribution in [2.24, 2.45) is 0 Å². The van der Waals surface area contributed by atoms with Gasteiger partial charge in [-0.25, -0.2) is 4.79 Å². The number of halogens is 1. The molecule has 0 radical (unpaired) electrons. The summed E-state index contributed by atoms with van der Waals surface area (Å²) < 4.78 is 4.45. The van der Waals surface area contributed by atoms with Crippen LogP contribution in [0.15, 0.2) is 34.6 Å². The summed E-state index contributed by atoms with van der Waals surface area (Å²) in [6, 6.07) is 5.21. The van der Waals surface area contributed by atoms with Gasteiger partial charge in [-0.05, 0) is 23.6 Å². The van der Waals surface area contributed by atoms with Crippen molar-refractivity contribution in [1.82, 2.24) is 0 Å². The van der Waals surface area contributed by atoms with E-state index in [4.69, 9.17) is 17.3 Å². The van der Waals surface area contributed by atoms with E-state index in [0.29, 0.717) is 10.7 Å². The molecule has 80 valence electrons. The van der Waals surface area contributed by atoms with Gasteiger partial charge < -0.3 is 10.5 Å². The minimum absolute atomic E-state index is 0.394. The highest BCUT2D eigenvalue weighted by molar-refractivity contribution is 8.02. The SMILES string of the molecule is COC(=O)C=CSc1ccc(N)cc1Cl. The Labute approximate surface area is 97.2 Å². The molecule has 0 bridgehead atoms. The molecule has 0 spiro atoms. The van der Waals surface area contributed by atoms with Gasteiger partial charge in [0, 0.05) is 16.7 Å². The molecule has 0 saturated heterocycles. The molecule has 0 aliphatic carbocycles. The van der Waals surface area contributed by atoms with Gasteiger partial charge in [-0.2, -0.15) is 0 Å². The fourth-order valence-corrected chi connectivity index (χ4v) is 1.81. The third-order valence-corrected chi connectivity index (χ3v) is 2.86. The molecule has 0 aromatic heterocycles. The summed E-state index contributed by atoms with van der Waals surface area (Å²) in [7, 11) is 1.33. The number of thioether (sulfide) groups is 1. The summed E-state index contributed by atoms with van der Waals surface area (Å²) in [6.45, 7) is 0. The number of hydrogen-bond acceptors (Lipinski definition) is 4. The number of carbonyl (C=O) groups excluding carboxylic acids is 1. The van der Waals surface area contributed by atoms with Crippen LogP contribution in [0, 0.1) is 0 Å². The number of esters is 1. The lowest BCUT2D eigenvalue weighted by Gasteiger charge is -2.00. The first-order chi connectivity index (χ1) is 7.13. The van der Waals surface area contributed by atoms with E-state index in [1.54, 1.807) is 23.6 Å². The number of nitrogens with two attached hydrogens (primary N) is 1. The van der Waals surface area contributed by atoms with Crippen LogP contribution in [0.4, 0.5) is 5.69 Å². The molecule has 0 amide bonds. The van der Waals surface area contributed by atoms with Gasteiger partial charge in [0.25, 0.3) is 0 Å². The molecule has 2 N–H and O–H groups in total. The molecule has 3 nitrogen and oxygen atoms in total. The van der Waals surface area contributed by atoms with Crippen molar-refractivity contribution in [2.45, 2.75) is 4.90 Å². The van der Waals surface area contributed by atoms with E-state index < -0.39 is 5.97 Å². The van der Waals surface area contributed by atoms with Gasteiger partial charge >= 0.3 is 5.97 Å². The van der Waals surface area contributed by atoms with Crippen molar-refractivity contribution in [3.8, 4) is 0 Å². The lowest BCUT2D eigenvalue weighted by Crippen LogP contribution is -1.92. The van der Waals surface area contributed by atoms with Crippen molar-refractivity contribution in [3.63, 3.8) is 0 Å². The third kappa shape index (κ3) is 3.85. The molecule has 1 aromatic rings. The van der Waals surface area contributed by atoms with Gasteiger partial charge in [0.05, 0.1) is 12.1 Å². The van der Waals surface area contributed by atoms with Crippen molar-refractivity contribution >= 4 is 35.0 Å². The predicted octanol–water partition coefficient (Wildman–Crippen LogP) is 2.70. The summed E-state index contributed by atoms with van der Waals surface area (Å²) in [5.41, 5.74) is 6.15. The van der Waals surface area contributed by atoms with E-state index in [2.05, 4.69) is 4.74 Å². The Kier molecular flexibility index (Phi) is 4.52. The Morgan fingerprint density at radius 1 is 1.60 bits per heavy atom. The quantitative estimate of drug-likeness (QED) is 0.384. The topological polar surface area (TPSA) is 52.3 Å². The lowest BCUT2D eigenvalue weighted by molar-refractivity contribution is -0.134. The Balaban J connectivity index is 2.65. The molecule has 0 heterocycles. The molecular formula is C10H10ClNO2S. The molecule has 0 aliphatic rings. The van der Waals surface area contributed by atoms with Crippen LogP contribution < -0.4 is 5.73 Å². The molecule has 0 atom stereocenters. The first-order valence-electron chi connectivity index (χ1n) is 4.09. The van der Waals surface area contributed by atoms with Crippen molar-refractivity contribution in [1.29, 1.82) is 0 Å². The Morgan fingerprint density at radius 3 is 2.93 bits per heavy atom. The molecule has 5 heteroatoms. The number of nitrogen functional groups attached to an aromatic ring is 1. The van der Waals surface area contributed by atoms with Gasteiger partial charge in [-0.3, -0.25) is 0 Å². The van der Waals surface area contributed by atoms with E-state index in [1.807, 2.05) is 0 Å². The van der Waals surface area contributed by atoms with E-state index in [1.165, 1.54) is 24.9 Å². The maximum Gasteiger partial charge on any atom is 0.330 e. The van der Waals surface area contributed by atoms with Gasteiger partial charge in [0.1, 0.15) is 0 Å². The maximum atomic E-state index is 10.8. The molecule has 0 unspecified atom stereocenters. The van der Waals surface area contributed by atoms with Crippen molar-refractivity contribution in [3.05, 3.63) is 34.7 Å². The van der Waals surface area contributed by atoms with Gasteiger partial charge in [-0.1, -0.05) is 23.4 Å². The second-order valence-electron chi connectivity index (χ2n) is 2.63. The average molecular weight is 244 g/mol. The smallest absolute Gasteiger partial charge is 0.330 e. The number of benzene rings is 1. The number of hydrogen-bond donors (Lipinski definition) is 1. The first kappa shape index (κ1) is 11.9. The molecule has 0 fully saturated rings. The average Bonchev–Trinajstić information content (AvgIpc) is 2.21. The fraction of sp³-hybridized carbons (Fsp3) is 0.100. The van der Waals surface area contributed by atoms with E-state index in [-0.39, 0.29) is 0 Å². The van der Waals surface area contributed by atoms with Crippen molar-refractivity contribution < 1.29 is 9.53 Å². The van der Waals surface area contributed by atoms with E-state index in [9.17, 15) is 4.79 Å². The lowest BCUT2D eigenvalue weighted by atomic mass is 10.3. The zero-order valence-corrected chi connectivity index (χ0v) is 9.64. The number of anilines is 1. The van der Waals surface area contributed by atoms with Crippen LogP contribution in [0.25, 0.3) is 0 Å². The number of ether oxygens (including phenoxy) is 1. The summed E-state index contributed by atoms with van der Waals surface area (Å²) >= 11 is 7.26. The highest BCUT2D eigenvalue weighted by atomic mass is 35.5. The zero-order chi connectivity index (χ0) is 11.3. The maximum absolute atomic E-state index is 10.8. The minimum Gasteiger partial charge on any atom is -0.466 e. The molecule has 0 saturated carbocycles. The standard InChI is InChI=1S/C10H10ClNO2S/c1-14-10(13)4-5-15-9-3-2-7(12)6-8(9)11/h2-6H,12H2,1H3. The number of carbonyl (C=O) groups is 1. The molecule has 0 aliphatic heterocycles. The zero-order valence-electron chi connectivity index (χ0n) is 8.07. The van der Waals surface area contributed by atoms with Crippen molar-refractivity contribution in [2.75, 3.05) is 12.8 Å². The summed E-state index contributed by atoms with van der Waals surface area (Å²) in [5, 5.41) is 2.18. The highest BCUT2D eigenvalue weighted by Crippen LogP contribution is 2.29. The molecule has 15 heavy (non-hydrogen) atoms. The Hall–Kier alpha value is -1.13.